The molecule has 1 aliphatic carbocycles. The van der Waals surface area contributed by atoms with Gasteiger partial charge in [0.1, 0.15) is 0 Å². The number of aliphatic hydroxyl groups is 1. The average Bonchev–Trinajstić information content (AvgIpc) is 2.26. The highest BCUT2D eigenvalue weighted by molar-refractivity contribution is 5.85. The summed E-state index contributed by atoms with van der Waals surface area (Å²) in [6.07, 6.45) is 4.67. The fourth-order valence-electron chi connectivity index (χ4n) is 2.56. The Morgan fingerprint density at radius 1 is 1.31 bits per heavy atom. The Bertz CT molecular complexity index is 527. The van der Waals surface area contributed by atoms with Gasteiger partial charge in [0.2, 0.25) is 0 Å². The van der Waals surface area contributed by atoms with E-state index in [1.165, 1.54) is 0 Å². The number of aliphatic hydroxyl groups excluding tert-OH is 1. The maximum Gasteiger partial charge on any atom is 0.0582 e. The van der Waals surface area contributed by atoms with Gasteiger partial charge in [0, 0.05) is 23.3 Å². The molecule has 3 rings (SSSR count). The zero-order chi connectivity index (χ0) is 11.2. The molecule has 16 heavy (non-hydrogen) atoms. The first-order valence-corrected chi connectivity index (χ1v) is 5.49. The molecule has 0 spiro atoms. The van der Waals surface area contributed by atoms with Crippen LogP contribution in [0.15, 0.2) is 36.7 Å². The van der Waals surface area contributed by atoms with Crippen LogP contribution in [0.5, 0.6) is 0 Å². The highest BCUT2D eigenvalue weighted by atomic mass is 16.3. The van der Waals surface area contributed by atoms with Crippen LogP contribution in [-0.2, 0) is 5.54 Å². The maximum absolute atomic E-state index is 9.42. The van der Waals surface area contributed by atoms with Crippen LogP contribution in [0.2, 0.25) is 0 Å². The van der Waals surface area contributed by atoms with E-state index in [2.05, 4.69) is 4.98 Å². The number of pyridine rings is 1. The van der Waals surface area contributed by atoms with Crippen LogP contribution in [-0.4, -0.2) is 16.2 Å². The zero-order valence-corrected chi connectivity index (χ0v) is 8.93. The van der Waals surface area contributed by atoms with Gasteiger partial charge in [-0.3, -0.25) is 4.98 Å². The molecule has 2 aromatic rings. The summed E-state index contributed by atoms with van der Waals surface area (Å²) in [6, 6.07) is 8.07. The Morgan fingerprint density at radius 2 is 2.12 bits per heavy atom. The first-order valence-electron chi connectivity index (χ1n) is 5.49. The summed E-state index contributed by atoms with van der Waals surface area (Å²) in [7, 11) is 0. The van der Waals surface area contributed by atoms with Crippen molar-refractivity contribution in [1.29, 1.82) is 0 Å². The summed E-state index contributed by atoms with van der Waals surface area (Å²) in [5.74, 6) is 0. The SMILES string of the molecule is NC1(c2cccc3cnccc23)CC(O)C1. The first-order chi connectivity index (χ1) is 7.69. The van der Waals surface area contributed by atoms with E-state index in [1.54, 1.807) is 6.20 Å². The summed E-state index contributed by atoms with van der Waals surface area (Å²) < 4.78 is 0. The molecule has 1 aromatic heterocycles. The summed E-state index contributed by atoms with van der Waals surface area (Å²) in [6.45, 7) is 0. The van der Waals surface area contributed by atoms with Crippen molar-refractivity contribution in [2.24, 2.45) is 5.73 Å². The molecular formula is C13H14N2O. The van der Waals surface area contributed by atoms with Crippen molar-refractivity contribution >= 4 is 10.8 Å². The normalized spacial score (nSPS) is 29.0. The second-order valence-corrected chi connectivity index (χ2v) is 4.62. The van der Waals surface area contributed by atoms with Crippen molar-refractivity contribution in [3.05, 3.63) is 42.2 Å². The van der Waals surface area contributed by atoms with Crippen molar-refractivity contribution in [3.8, 4) is 0 Å². The third-order valence-electron chi connectivity index (χ3n) is 3.42. The molecule has 0 saturated heterocycles. The van der Waals surface area contributed by atoms with Crippen molar-refractivity contribution in [1.82, 2.24) is 4.98 Å². The quantitative estimate of drug-likeness (QED) is 0.757. The molecule has 0 aliphatic heterocycles. The fraction of sp³-hybridized carbons (Fsp3) is 0.308. The lowest BCUT2D eigenvalue weighted by Gasteiger charge is -2.43. The predicted octanol–water partition coefficient (Wildman–Crippen LogP) is 1.54. The summed E-state index contributed by atoms with van der Waals surface area (Å²) >= 11 is 0. The van der Waals surface area contributed by atoms with E-state index >= 15 is 0 Å². The Kier molecular flexibility index (Phi) is 1.99. The first kappa shape index (κ1) is 9.75. The van der Waals surface area contributed by atoms with Crippen LogP contribution in [0.1, 0.15) is 18.4 Å². The van der Waals surface area contributed by atoms with Crippen molar-refractivity contribution < 1.29 is 5.11 Å². The van der Waals surface area contributed by atoms with Crippen LogP contribution >= 0.6 is 0 Å². The Hall–Kier alpha value is -1.45. The number of nitrogens with zero attached hydrogens (tertiary/aromatic N) is 1. The van der Waals surface area contributed by atoms with Crippen LogP contribution in [0.4, 0.5) is 0 Å². The van der Waals surface area contributed by atoms with Crippen LogP contribution < -0.4 is 5.73 Å². The van der Waals surface area contributed by atoms with E-state index in [9.17, 15) is 5.11 Å². The van der Waals surface area contributed by atoms with Gasteiger partial charge >= 0.3 is 0 Å². The molecule has 0 amide bonds. The summed E-state index contributed by atoms with van der Waals surface area (Å²) in [5, 5.41) is 11.7. The largest absolute Gasteiger partial charge is 0.393 e. The monoisotopic (exact) mass is 214 g/mol. The average molecular weight is 214 g/mol. The number of hydrogen-bond donors (Lipinski definition) is 2. The number of fused-ring (bicyclic) bond motifs is 1. The van der Waals surface area contributed by atoms with Crippen LogP contribution in [0.3, 0.4) is 0 Å². The topological polar surface area (TPSA) is 59.1 Å². The standard InChI is InChI=1S/C13H14N2O/c14-13(6-10(16)7-13)12-3-1-2-9-8-15-5-4-11(9)12/h1-5,8,10,16H,6-7,14H2. The van der Waals surface area contributed by atoms with Gasteiger partial charge in [-0.1, -0.05) is 18.2 Å². The molecule has 0 atom stereocenters. The van der Waals surface area contributed by atoms with Crippen molar-refractivity contribution in [2.45, 2.75) is 24.5 Å². The molecule has 3 N–H and O–H groups in total. The van der Waals surface area contributed by atoms with Gasteiger partial charge in [-0.05, 0) is 29.9 Å². The van der Waals surface area contributed by atoms with Crippen molar-refractivity contribution in [2.75, 3.05) is 0 Å². The van der Waals surface area contributed by atoms with E-state index in [1.807, 2.05) is 30.5 Å². The lowest BCUT2D eigenvalue weighted by molar-refractivity contribution is 0.0217. The van der Waals surface area contributed by atoms with Crippen LogP contribution in [0, 0.1) is 0 Å². The maximum atomic E-state index is 9.42. The van der Waals surface area contributed by atoms with Gasteiger partial charge in [0.25, 0.3) is 0 Å². The zero-order valence-electron chi connectivity index (χ0n) is 8.93. The second kappa shape index (κ2) is 3.27. The van der Waals surface area contributed by atoms with Gasteiger partial charge in [-0.15, -0.1) is 0 Å². The highest BCUT2D eigenvalue weighted by Crippen LogP contribution is 2.41. The molecular weight excluding hydrogens is 200 g/mol. The highest BCUT2D eigenvalue weighted by Gasteiger charge is 2.42. The minimum Gasteiger partial charge on any atom is -0.393 e. The Balaban J connectivity index is 2.17. The fourth-order valence-corrected chi connectivity index (χ4v) is 2.56. The lowest BCUT2D eigenvalue weighted by Crippen LogP contribution is -2.51. The van der Waals surface area contributed by atoms with Gasteiger partial charge in [0.15, 0.2) is 0 Å². The molecule has 82 valence electrons. The molecule has 3 nitrogen and oxygen atoms in total. The molecule has 0 unspecified atom stereocenters. The lowest BCUT2D eigenvalue weighted by atomic mass is 9.69. The molecule has 0 bridgehead atoms. The van der Waals surface area contributed by atoms with E-state index in [4.69, 9.17) is 5.73 Å². The predicted molar refractivity (Wildman–Crippen MR) is 62.8 cm³/mol. The van der Waals surface area contributed by atoms with E-state index < -0.39 is 0 Å². The number of rotatable bonds is 1. The van der Waals surface area contributed by atoms with Gasteiger partial charge in [0.05, 0.1) is 6.10 Å². The van der Waals surface area contributed by atoms with E-state index in [0.29, 0.717) is 12.8 Å². The number of benzene rings is 1. The molecule has 1 aliphatic rings. The molecule has 1 saturated carbocycles. The minimum absolute atomic E-state index is 0.248. The van der Waals surface area contributed by atoms with Gasteiger partial charge in [-0.25, -0.2) is 0 Å². The molecule has 1 aromatic carbocycles. The van der Waals surface area contributed by atoms with Crippen LogP contribution in [0.25, 0.3) is 10.8 Å². The molecule has 1 heterocycles. The minimum atomic E-state index is -0.361. The van der Waals surface area contributed by atoms with Crippen molar-refractivity contribution in [3.63, 3.8) is 0 Å². The Labute approximate surface area is 93.9 Å². The molecule has 1 fully saturated rings. The third kappa shape index (κ3) is 1.32. The number of hydrogen-bond acceptors (Lipinski definition) is 3. The second-order valence-electron chi connectivity index (χ2n) is 4.62. The van der Waals surface area contributed by atoms with Gasteiger partial charge in [-0.2, -0.15) is 0 Å². The van der Waals surface area contributed by atoms with E-state index in [0.717, 1.165) is 16.3 Å². The number of aromatic nitrogens is 1. The number of nitrogens with two attached hydrogens (primary N) is 1. The molecule has 3 heteroatoms. The summed E-state index contributed by atoms with van der Waals surface area (Å²) in [4.78, 5) is 4.10. The Morgan fingerprint density at radius 3 is 2.88 bits per heavy atom. The smallest absolute Gasteiger partial charge is 0.0582 e. The van der Waals surface area contributed by atoms with Gasteiger partial charge < -0.3 is 10.8 Å². The third-order valence-corrected chi connectivity index (χ3v) is 3.42. The molecule has 0 radical (unpaired) electrons. The summed E-state index contributed by atoms with van der Waals surface area (Å²) in [5.41, 5.74) is 7.06. The van der Waals surface area contributed by atoms with E-state index in [-0.39, 0.29) is 11.6 Å².